The maximum atomic E-state index is 12.9. The SMILES string of the molecule is [C]#Cc1c(F)c(F)c(N=[N+]=[N-])c(F)c1F. The quantitative estimate of drug-likeness (QED) is 0.172. The maximum absolute atomic E-state index is 12.9. The number of halogens is 4. The van der Waals surface area contributed by atoms with Crippen molar-refractivity contribution in [3.63, 3.8) is 0 Å². The van der Waals surface area contributed by atoms with Gasteiger partial charge in [-0.05, 0) is 17.9 Å². The van der Waals surface area contributed by atoms with Gasteiger partial charge in [0, 0.05) is 4.91 Å². The fourth-order valence-corrected chi connectivity index (χ4v) is 0.862. The van der Waals surface area contributed by atoms with Crippen molar-refractivity contribution in [2.45, 2.75) is 0 Å². The second kappa shape index (κ2) is 3.90. The van der Waals surface area contributed by atoms with E-state index in [1.54, 1.807) is 0 Å². The highest BCUT2D eigenvalue weighted by atomic mass is 19.2. The van der Waals surface area contributed by atoms with Crippen LogP contribution in [0.2, 0.25) is 0 Å². The summed E-state index contributed by atoms with van der Waals surface area (Å²) in [6.07, 6.45) is 6.42. The molecule has 1 radical (unpaired) electrons. The van der Waals surface area contributed by atoms with Crippen molar-refractivity contribution in [3.05, 3.63) is 45.7 Å². The van der Waals surface area contributed by atoms with Crippen molar-refractivity contribution < 1.29 is 17.6 Å². The van der Waals surface area contributed by atoms with Gasteiger partial charge in [0.2, 0.25) is 0 Å². The van der Waals surface area contributed by atoms with E-state index in [0.717, 1.165) is 0 Å². The average Bonchev–Trinajstić information content (AvgIpc) is 2.23. The molecular weight excluding hydrogens is 214 g/mol. The number of rotatable bonds is 1. The molecule has 7 heteroatoms. The van der Waals surface area contributed by atoms with Gasteiger partial charge in [-0.25, -0.2) is 17.6 Å². The second-order valence-electron chi connectivity index (χ2n) is 2.29. The zero-order valence-corrected chi connectivity index (χ0v) is 6.85. The molecule has 0 aliphatic rings. The number of benzene rings is 1. The van der Waals surface area contributed by atoms with Crippen molar-refractivity contribution in [1.82, 2.24) is 0 Å². The Labute approximate surface area is 81.0 Å². The van der Waals surface area contributed by atoms with E-state index in [4.69, 9.17) is 12.0 Å². The molecular formula is C8F4N3. The third kappa shape index (κ3) is 1.58. The van der Waals surface area contributed by atoms with Crippen molar-refractivity contribution >= 4 is 5.69 Å². The summed E-state index contributed by atoms with van der Waals surface area (Å²) in [7, 11) is 0. The first-order valence-electron chi connectivity index (χ1n) is 3.38. The predicted octanol–water partition coefficient (Wildman–Crippen LogP) is 3.12. The largest absolute Gasteiger partial charge is 0.203 e. The van der Waals surface area contributed by atoms with Crippen LogP contribution in [0, 0.1) is 35.6 Å². The summed E-state index contributed by atoms with van der Waals surface area (Å²) < 4.78 is 51.6. The Kier molecular flexibility index (Phi) is 2.83. The molecule has 1 rings (SSSR count). The molecule has 75 valence electrons. The van der Waals surface area contributed by atoms with E-state index in [-0.39, 0.29) is 0 Å². The Hall–Kier alpha value is -2.19. The highest BCUT2D eigenvalue weighted by Crippen LogP contribution is 2.29. The zero-order chi connectivity index (χ0) is 11.6. The molecule has 0 aliphatic carbocycles. The van der Waals surface area contributed by atoms with Crippen LogP contribution in [0.4, 0.5) is 23.2 Å². The molecule has 1 aromatic carbocycles. The molecule has 0 aromatic heterocycles. The molecule has 0 atom stereocenters. The van der Waals surface area contributed by atoms with Crippen LogP contribution in [0.5, 0.6) is 0 Å². The second-order valence-corrected chi connectivity index (χ2v) is 2.29. The molecule has 3 nitrogen and oxygen atoms in total. The van der Waals surface area contributed by atoms with E-state index in [9.17, 15) is 17.6 Å². The lowest BCUT2D eigenvalue weighted by molar-refractivity contribution is 0.454. The summed E-state index contributed by atoms with van der Waals surface area (Å²) in [5, 5.41) is 2.46. The van der Waals surface area contributed by atoms with Gasteiger partial charge in [-0.3, -0.25) is 0 Å². The fourth-order valence-electron chi connectivity index (χ4n) is 0.862. The predicted molar refractivity (Wildman–Crippen MR) is 41.3 cm³/mol. The monoisotopic (exact) mass is 214 g/mol. The average molecular weight is 214 g/mol. The van der Waals surface area contributed by atoms with Crippen LogP contribution in [0.25, 0.3) is 10.4 Å². The molecule has 0 aliphatic heterocycles. The molecule has 0 bridgehead atoms. The van der Waals surface area contributed by atoms with E-state index >= 15 is 0 Å². The molecule has 0 saturated carbocycles. The lowest BCUT2D eigenvalue weighted by Gasteiger charge is -2.03. The minimum absolute atomic E-state index is 1.20. The summed E-state index contributed by atoms with van der Waals surface area (Å²) in [5.41, 5.74) is 5.20. The van der Waals surface area contributed by atoms with Gasteiger partial charge >= 0.3 is 0 Å². The van der Waals surface area contributed by atoms with Crippen LogP contribution < -0.4 is 0 Å². The highest BCUT2D eigenvalue weighted by molar-refractivity contribution is 5.48. The van der Waals surface area contributed by atoms with Crippen LogP contribution in [0.1, 0.15) is 5.56 Å². The Morgan fingerprint density at radius 2 is 1.53 bits per heavy atom. The molecule has 0 saturated heterocycles. The van der Waals surface area contributed by atoms with Gasteiger partial charge in [-0.15, -0.1) is 0 Å². The summed E-state index contributed by atoms with van der Waals surface area (Å²) in [5.74, 6) is -6.17. The van der Waals surface area contributed by atoms with Crippen LogP contribution in [0.15, 0.2) is 5.11 Å². The molecule has 0 unspecified atom stereocenters. The van der Waals surface area contributed by atoms with Gasteiger partial charge in [0.1, 0.15) is 11.3 Å². The van der Waals surface area contributed by atoms with Gasteiger partial charge in [0.05, 0.1) is 0 Å². The van der Waals surface area contributed by atoms with E-state index in [1.165, 1.54) is 5.92 Å². The number of nitrogens with zero attached hydrogens (tertiary/aromatic N) is 3. The molecule has 0 amide bonds. The number of hydrogen-bond donors (Lipinski definition) is 0. The van der Waals surface area contributed by atoms with Crippen LogP contribution in [0.3, 0.4) is 0 Å². The van der Waals surface area contributed by atoms with Crippen LogP contribution >= 0.6 is 0 Å². The Bertz CT molecular complexity index is 483. The Balaban J connectivity index is 3.75. The molecule has 15 heavy (non-hydrogen) atoms. The lowest BCUT2D eigenvalue weighted by atomic mass is 10.1. The Morgan fingerprint density at radius 3 is 1.87 bits per heavy atom. The lowest BCUT2D eigenvalue weighted by Crippen LogP contribution is -2.00. The fraction of sp³-hybridized carbons (Fsp3) is 0. The molecule has 0 heterocycles. The first-order chi connectivity index (χ1) is 7.04. The molecule has 0 N–H and O–H groups in total. The third-order valence-corrected chi connectivity index (χ3v) is 1.51. The van der Waals surface area contributed by atoms with Crippen molar-refractivity contribution in [3.8, 4) is 5.92 Å². The first kappa shape index (κ1) is 10.9. The van der Waals surface area contributed by atoms with Crippen molar-refractivity contribution in [2.75, 3.05) is 0 Å². The van der Waals surface area contributed by atoms with Crippen molar-refractivity contribution in [1.29, 1.82) is 0 Å². The smallest absolute Gasteiger partial charge is 0.178 e. The van der Waals surface area contributed by atoms with E-state index in [1.807, 2.05) is 4.91 Å². The molecule has 0 fully saturated rings. The standard InChI is InChI=1S/C8F4N3/c1-2-3-4(9)6(11)8(14-15-13)7(12)5(3)10. The van der Waals surface area contributed by atoms with Gasteiger partial charge in [0.25, 0.3) is 0 Å². The van der Waals surface area contributed by atoms with Gasteiger partial charge in [-0.2, -0.15) is 0 Å². The number of azide groups is 1. The summed E-state index contributed by atoms with van der Waals surface area (Å²) in [6, 6.07) is 0. The summed E-state index contributed by atoms with van der Waals surface area (Å²) >= 11 is 0. The minimum Gasteiger partial charge on any atom is -0.203 e. The summed E-state index contributed by atoms with van der Waals surface area (Å²) in [6.45, 7) is 0. The number of hydrogen-bond acceptors (Lipinski definition) is 1. The van der Waals surface area contributed by atoms with E-state index in [2.05, 4.69) is 5.11 Å². The third-order valence-electron chi connectivity index (χ3n) is 1.51. The first-order valence-corrected chi connectivity index (χ1v) is 3.38. The highest BCUT2D eigenvalue weighted by Gasteiger charge is 2.23. The van der Waals surface area contributed by atoms with E-state index < -0.39 is 34.5 Å². The maximum Gasteiger partial charge on any atom is 0.178 e. The summed E-state index contributed by atoms with van der Waals surface area (Å²) in [4.78, 5) is 2.01. The van der Waals surface area contributed by atoms with Crippen LogP contribution in [-0.4, -0.2) is 0 Å². The molecule has 0 spiro atoms. The Morgan fingerprint density at radius 1 is 1.07 bits per heavy atom. The van der Waals surface area contributed by atoms with E-state index in [0.29, 0.717) is 0 Å². The van der Waals surface area contributed by atoms with Crippen molar-refractivity contribution in [2.24, 2.45) is 5.11 Å². The molecule has 1 aromatic rings. The van der Waals surface area contributed by atoms with Crippen LogP contribution in [-0.2, 0) is 0 Å². The minimum atomic E-state index is -1.86. The van der Waals surface area contributed by atoms with Gasteiger partial charge < -0.3 is 0 Å². The normalized spacial score (nSPS) is 9.27. The van der Waals surface area contributed by atoms with Gasteiger partial charge in [0.15, 0.2) is 23.3 Å². The zero-order valence-electron chi connectivity index (χ0n) is 6.85. The van der Waals surface area contributed by atoms with Gasteiger partial charge in [-0.1, -0.05) is 5.11 Å². The topological polar surface area (TPSA) is 48.8 Å².